The van der Waals surface area contributed by atoms with Crippen LogP contribution >= 0.6 is 0 Å². The summed E-state index contributed by atoms with van der Waals surface area (Å²) in [6.45, 7) is 4.41. The van der Waals surface area contributed by atoms with Crippen LogP contribution in [-0.2, 0) is 26.3 Å². The largest absolute Gasteiger partial charge is 0.491 e. The van der Waals surface area contributed by atoms with Crippen LogP contribution in [0, 0.1) is 5.82 Å². The van der Waals surface area contributed by atoms with Crippen molar-refractivity contribution in [2.75, 3.05) is 26.1 Å². The SMILES string of the molecule is COCc1ccc(C(NC(=O)c2cc(O)no2)C(=O)Nc2ccc(C(C)(C)COC)c(F)c2)cc1. The van der Waals surface area contributed by atoms with Crippen LogP contribution in [0.2, 0.25) is 0 Å². The average molecular weight is 486 g/mol. The lowest BCUT2D eigenvalue weighted by Gasteiger charge is -2.25. The molecule has 10 heteroatoms. The maximum atomic E-state index is 14.9. The number of carbonyl (C=O) groups excluding carboxylic acids is 2. The highest BCUT2D eigenvalue weighted by Gasteiger charge is 2.27. The molecule has 0 radical (unpaired) electrons. The lowest BCUT2D eigenvalue weighted by Crippen LogP contribution is -2.37. The highest BCUT2D eigenvalue weighted by atomic mass is 19.1. The van der Waals surface area contributed by atoms with Crippen LogP contribution in [0.5, 0.6) is 5.88 Å². The molecule has 0 fully saturated rings. The van der Waals surface area contributed by atoms with E-state index in [4.69, 9.17) is 14.0 Å². The summed E-state index contributed by atoms with van der Waals surface area (Å²) < 4.78 is 29.9. The molecule has 0 aliphatic rings. The molecule has 9 nitrogen and oxygen atoms in total. The van der Waals surface area contributed by atoms with E-state index in [-0.39, 0.29) is 11.4 Å². The molecule has 3 aromatic rings. The molecule has 2 aromatic carbocycles. The fourth-order valence-corrected chi connectivity index (χ4v) is 3.64. The van der Waals surface area contributed by atoms with Gasteiger partial charge in [-0.15, -0.1) is 0 Å². The predicted molar refractivity (Wildman–Crippen MR) is 125 cm³/mol. The smallest absolute Gasteiger partial charge is 0.290 e. The highest BCUT2D eigenvalue weighted by Crippen LogP contribution is 2.28. The number of carbonyl (C=O) groups is 2. The van der Waals surface area contributed by atoms with Crippen molar-refractivity contribution < 1.29 is 33.1 Å². The number of rotatable bonds is 10. The summed E-state index contributed by atoms with van der Waals surface area (Å²) in [5, 5.41) is 17.8. The summed E-state index contributed by atoms with van der Waals surface area (Å²) in [6, 6.07) is 11.1. The standard InChI is InChI=1S/C25H28FN3O6/c1-25(2,14-34-4)18-10-9-17(11-19(18)26)27-24(32)22(16-7-5-15(6-8-16)13-33-3)28-23(31)20-12-21(30)29-35-20/h5-12,22H,13-14H2,1-4H3,(H,27,32)(H,28,31)(H,29,30). The minimum Gasteiger partial charge on any atom is -0.491 e. The predicted octanol–water partition coefficient (Wildman–Crippen LogP) is 3.70. The molecule has 0 saturated carbocycles. The van der Waals surface area contributed by atoms with Crippen LogP contribution in [0.3, 0.4) is 0 Å². The molecule has 1 atom stereocenters. The Labute approximate surface area is 202 Å². The molecule has 1 heterocycles. The Kier molecular flexibility index (Phi) is 8.21. The lowest BCUT2D eigenvalue weighted by molar-refractivity contribution is -0.118. The number of hydrogen-bond donors (Lipinski definition) is 3. The maximum absolute atomic E-state index is 14.9. The van der Waals surface area contributed by atoms with Crippen molar-refractivity contribution in [3.8, 4) is 5.88 Å². The van der Waals surface area contributed by atoms with Gasteiger partial charge in [-0.25, -0.2) is 4.39 Å². The summed E-state index contributed by atoms with van der Waals surface area (Å²) in [4.78, 5) is 25.8. The van der Waals surface area contributed by atoms with Crippen molar-refractivity contribution in [2.24, 2.45) is 0 Å². The Hall–Kier alpha value is -3.76. The number of ether oxygens (including phenoxy) is 2. The zero-order valence-electron chi connectivity index (χ0n) is 19.9. The van der Waals surface area contributed by atoms with E-state index >= 15 is 0 Å². The molecule has 3 N–H and O–H groups in total. The number of halogens is 1. The first-order chi connectivity index (χ1) is 16.6. The number of anilines is 1. The molecule has 0 aliphatic heterocycles. The summed E-state index contributed by atoms with van der Waals surface area (Å²) in [5.41, 5.74) is 1.44. The molecular formula is C25H28FN3O6. The number of amides is 2. The van der Waals surface area contributed by atoms with Crippen molar-refractivity contribution in [3.05, 3.63) is 76.8 Å². The monoisotopic (exact) mass is 485 g/mol. The first kappa shape index (κ1) is 25.9. The summed E-state index contributed by atoms with van der Waals surface area (Å²) in [7, 11) is 3.11. The second-order valence-corrected chi connectivity index (χ2v) is 8.63. The molecular weight excluding hydrogens is 457 g/mol. The van der Waals surface area contributed by atoms with E-state index in [1.54, 1.807) is 50.6 Å². The normalized spacial score (nSPS) is 12.3. The molecule has 0 spiro atoms. The molecule has 0 bridgehead atoms. The molecule has 186 valence electrons. The second kappa shape index (κ2) is 11.1. The minimum atomic E-state index is -1.15. The van der Waals surface area contributed by atoms with Crippen molar-refractivity contribution in [3.63, 3.8) is 0 Å². The molecule has 0 aliphatic carbocycles. The molecule has 1 aromatic heterocycles. The van der Waals surface area contributed by atoms with Gasteiger partial charge in [-0.05, 0) is 34.0 Å². The van der Waals surface area contributed by atoms with Gasteiger partial charge in [-0.2, -0.15) is 0 Å². The second-order valence-electron chi connectivity index (χ2n) is 8.63. The third kappa shape index (κ3) is 6.43. The Morgan fingerprint density at radius 1 is 1.11 bits per heavy atom. The fourth-order valence-electron chi connectivity index (χ4n) is 3.64. The molecule has 0 saturated heterocycles. The van der Waals surface area contributed by atoms with Crippen LogP contribution in [-0.4, -0.2) is 42.9 Å². The van der Waals surface area contributed by atoms with Crippen molar-refractivity contribution in [1.82, 2.24) is 10.5 Å². The first-order valence-electron chi connectivity index (χ1n) is 10.8. The Balaban J connectivity index is 1.85. The van der Waals surface area contributed by atoms with Gasteiger partial charge in [0, 0.05) is 25.3 Å². The van der Waals surface area contributed by atoms with E-state index in [9.17, 15) is 19.1 Å². The first-order valence-corrected chi connectivity index (χ1v) is 10.8. The van der Waals surface area contributed by atoms with Crippen LogP contribution in [0.1, 0.15) is 47.1 Å². The number of aromatic nitrogens is 1. The number of benzene rings is 2. The van der Waals surface area contributed by atoms with Gasteiger partial charge in [-0.1, -0.05) is 44.2 Å². The van der Waals surface area contributed by atoms with Crippen molar-refractivity contribution in [2.45, 2.75) is 31.9 Å². The number of hydrogen-bond acceptors (Lipinski definition) is 7. The maximum Gasteiger partial charge on any atom is 0.290 e. The van der Waals surface area contributed by atoms with E-state index in [0.717, 1.165) is 11.6 Å². The van der Waals surface area contributed by atoms with Crippen LogP contribution in [0.25, 0.3) is 0 Å². The summed E-state index contributed by atoms with van der Waals surface area (Å²) in [6.07, 6.45) is 0. The van der Waals surface area contributed by atoms with Gasteiger partial charge in [0.25, 0.3) is 17.7 Å². The summed E-state index contributed by atoms with van der Waals surface area (Å²) in [5.74, 6) is -2.60. The molecule has 2 amide bonds. The fraction of sp³-hybridized carbons (Fsp3) is 0.320. The van der Waals surface area contributed by atoms with Gasteiger partial charge in [0.05, 0.1) is 19.3 Å². The third-order valence-electron chi connectivity index (χ3n) is 5.35. The van der Waals surface area contributed by atoms with Crippen LogP contribution in [0.15, 0.2) is 53.1 Å². The van der Waals surface area contributed by atoms with E-state index < -0.39 is 35.0 Å². The van der Waals surface area contributed by atoms with E-state index in [1.165, 1.54) is 6.07 Å². The van der Waals surface area contributed by atoms with Gasteiger partial charge >= 0.3 is 0 Å². The zero-order chi connectivity index (χ0) is 25.6. The van der Waals surface area contributed by atoms with Crippen molar-refractivity contribution >= 4 is 17.5 Å². The van der Waals surface area contributed by atoms with Gasteiger partial charge in [-0.3, -0.25) is 9.59 Å². The lowest BCUT2D eigenvalue weighted by atomic mass is 9.85. The summed E-state index contributed by atoms with van der Waals surface area (Å²) >= 11 is 0. The topological polar surface area (TPSA) is 123 Å². The van der Waals surface area contributed by atoms with Crippen LogP contribution < -0.4 is 10.6 Å². The van der Waals surface area contributed by atoms with E-state index in [0.29, 0.717) is 24.3 Å². The minimum absolute atomic E-state index is 0.219. The highest BCUT2D eigenvalue weighted by molar-refractivity contribution is 6.00. The van der Waals surface area contributed by atoms with Gasteiger partial charge in [0.1, 0.15) is 11.9 Å². The van der Waals surface area contributed by atoms with E-state index in [2.05, 4.69) is 15.8 Å². The zero-order valence-corrected chi connectivity index (χ0v) is 19.9. The molecule has 3 rings (SSSR count). The van der Waals surface area contributed by atoms with Gasteiger partial charge in [0.2, 0.25) is 5.76 Å². The third-order valence-corrected chi connectivity index (χ3v) is 5.35. The number of aromatic hydroxyl groups is 1. The Morgan fingerprint density at radius 2 is 1.83 bits per heavy atom. The number of methoxy groups -OCH3 is 2. The average Bonchev–Trinajstić information content (AvgIpc) is 3.24. The van der Waals surface area contributed by atoms with Crippen LogP contribution in [0.4, 0.5) is 10.1 Å². The van der Waals surface area contributed by atoms with Gasteiger partial charge < -0.3 is 29.7 Å². The Bertz CT molecular complexity index is 1180. The van der Waals surface area contributed by atoms with E-state index in [1.807, 2.05) is 13.8 Å². The van der Waals surface area contributed by atoms with Gasteiger partial charge in [0.15, 0.2) is 0 Å². The molecule has 35 heavy (non-hydrogen) atoms. The molecule has 1 unspecified atom stereocenters. The Morgan fingerprint density at radius 3 is 2.40 bits per heavy atom. The number of nitrogens with zero attached hydrogens (tertiary/aromatic N) is 1. The number of nitrogens with one attached hydrogen (secondary N) is 2. The quantitative estimate of drug-likeness (QED) is 0.400. The van der Waals surface area contributed by atoms with Crippen molar-refractivity contribution in [1.29, 1.82) is 0 Å².